The average Bonchev–Trinajstić information content (AvgIpc) is 2.42. The number of hydrogen-bond acceptors (Lipinski definition) is 2. The first-order valence-corrected chi connectivity index (χ1v) is 7.31. The third kappa shape index (κ3) is 3.74. The Kier molecular flexibility index (Phi) is 5.06. The molecule has 0 radical (unpaired) electrons. The Labute approximate surface area is 110 Å². The van der Waals surface area contributed by atoms with E-state index >= 15 is 0 Å². The molecule has 0 aliphatic heterocycles. The maximum absolute atomic E-state index is 9.33. The predicted octanol–water partition coefficient (Wildman–Crippen LogP) is 3.49. The van der Waals surface area contributed by atoms with Gasteiger partial charge in [-0.25, -0.2) is 0 Å². The number of nitrogens with one attached hydrogen (secondary N) is 1. The van der Waals surface area contributed by atoms with Gasteiger partial charge >= 0.3 is 0 Å². The second kappa shape index (κ2) is 6.79. The molecule has 2 N–H and O–H groups in total. The van der Waals surface area contributed by atoms with E-state index in [1.54, 1.807) is 12.1 Å². The maximum atomic E-state index is 9.33. The fourth-order valence-corrected chi connectivity index (χ4v) is 3.09. The van der Waals surface area contributed by atoms with Crippen molar-refractivity contribution in [3.8, 4) is 5.75 Å². The van der Waals surface area contributed by atoms with Gasteiger partial charge in [0, 0.05) is 6.04 Å². The summed E-state index contributed by atoms with van der Waals surface area (Å²) in [4.78, 5) is 0. The van der Waals surface area contributed by atoms with Crippen molar-refractivity contribution in [2.75, 3.05) is 6.54 Å². The van der Waals surface area contributed by atoms with Crippen LogP contribution in [0, 0.1) is 5.92 Å². The van der Waals surface area contributed by atoms with E-state index in [4.69, 9.17) is 0 Å². The van der Waals surface area contributed by atoms with Crippen LogP contribution in [0.15, 0.2) is 24.3 Å². The smallest absolute Gasteiger partial charge is 0.115 e. The van der Waals surface area contributed by atoms with Gasteiger partial charge < -0.3 is 10.4 Å². The zero-order valence-corrected chi connectivity index (χ0v) is 11.4. The summed E-state index contributed by atoms with van der Waals surface area (Å²) in [5.74, 6) is 1.18. The van der Waals surface area contributed by atoms with Crippen LogP contribution in [0.1, 0.15) is 44.6 Å². The molecule has 0 aromatic heterocycles. The van der Waals surface area contributed by atoms with Gasteiger partial charge in [0.15, 0.2) is 0 Å². The first-order valence-electron chi connectivity index (χ1n) is 7.31. The van der Waals surface area contributed by atoms with Crippen LogP contribution in [0.4, 0.5) is 0 Å². The molecule has 0 amide bonds. The Morgan fingerprint density at radius 2 is 1.83 bits per heavy atom. The van der Waals surface area contributed by atoms with Crippen LogP contribution in [-0.2, 0) is 6.42 Å². The van der Waals surface area contributed by atoms with Crippen molar-refractivity contribution in [2.24, 2.45) is 5.92 Å². The summed E-state index contributed by atoms with van der Waals surface area (Å²) in [6, 6.07) is 8.27. The van der Waals surface area contributed by atoms with E-state index in [0.29, 0.717) is 11.8 Å². The van der Waals surface area contributed by atoms with Gasteiger partial charge in [-0.2, -0.15) is 0 Å². The van der Waals surface area contributed by atoms with E-state index in [1.165, 1.54) is 37.7 Å². The summed E-state index contributed by atoms with van der Waals surface area (Å²) in [5.41, 5.74) is 1.32. The number of phenolic OH excluding ortho intramolecular Hbond substituents is 1. The second-order valence-corrected chi connectivity index (χ2v) is 5.43. The molecule has 2 nitrogen and oxygen atoms in total. The summed E-state index contributed by atoms with van der Waals surface area (Å²) in [6.45, 7) is 3.23. The third-order valence-electron chi connectivity index (χ3n) is 4.08. The lowest BCUT2D eigenvalue weighted by atomic mass is 9.81. The number of hydrogen-bond donors (Lipinski definition) is 2. The lowest BCUT2D eigenvalue weighted by Crippen LogP contribution is -2.38. The van der Waals surface area contributed by atoms with Gasteiger partial charge in [-0.15, -0.1) is 0 Å². The second-order valence-electron chi connectivity index (χ2n) is 5.43. The fourth-order valence-electron chi connectivity index (χ4n) is 3.09. The molecule has 100 valence electrons. The molecule has 1 aliphatic rings. The van der Waals surface area contributed by atoms with Crippen LogP contribution in [0.2, 0.25) is 0 Å². The molecule has 0 heterocycles. The molecule has 0 saturated heterocycles. The van der Waals surface area contributed by atoms with E-state index in [9.17, 15) is 5.11 Å². The summed E-state index contributed by atoms with van der Waals surface area (Å²) in [7, 11) is 0. The monoisotopic (exact) mass is 247 g/mol. The summed E-state index contributed by atoms with van der Waals surface area (Å²) in [6.07, 6.45) is 8.02. The molecule has 1 saturated carbocycles. The van der Waals surface area contributed by atoms with Gasteiger partial charge in [0.2, 0.25) is 0 Å². The van der Waals surface area contributed by atoms with Gasteiger partial charge in [0.1, 0.15) is 5.75 Å². The Morgan fingerprint density at radius 3 is 2.44 bits per heavy atom. The van der Waals surface area contributed by atoms with Gasteiger partial charge in [-0.1, -0.05) is 38.3 Å². The number of likely N-dealkylation sites (N-methyl/N-ethyl adjacent to an activating group) is 1. The lowest BCUT2D eigenvalue weighted by Gasteiger charge is -2.31. The van der Waals surface area contributed by atoms with E-state index in [2.05, 4.69) is 12.2 Å². The quantitative estimate of drug-likeness (QED) is 0.834. The highest BCUT2D eigenvalue weighted by Crippen LogP contribution is 2.28. The van der Waals surface area contributed by atoms with Crippen LogP contribution in [0.25, 0.3) is 0 Å². The minimum Gasteiger partial charge on any atom is -0.508 e. The third-order valence-corrected chi connectivity index (χ3v) is 4.08. The van der Waals surface area contributed by atoms with Crippen molar-refractivity contribution < 1.29 is 5.11 Å². The van der Waals surface area contributed by atoms with Crippen molar-refractivity contribution in [3.05, 3.63) is 29.8 Å². The molecule has 1 atom stereocenters. The first-order chi connectivity index (χ1) is 8.79. The lowest BCUT2D eigenvalue weighted by molar-refractivity contribution is 0.269. The molecule has 18 heavy (non-hydrogen) atoms. The van der Waals surface area contributed by atoms with E-state index < -0.39 is 0 Å². The number of phenols is 1. The number of aromatic hydroxyl groups is 1. The van der Waals surface area contributed by atoms with Crippen molar-refractivity contribution in [1.29, 1.82) is 0 Å². The Hall–Kier alpha value is -1.02. The SMILES string of the molecule is CCNC(Cc1ccc(O)cc1)C1CCCCC1. The zero-order valence-electron chi connectivity index (χ0n) is 11.4. The normalized spacial score (nSPS) is 18.7. The molecule has 0 spiro atoms. The Morgan fingerprint density at radius 1 is 1.17 bits per heavy atom. The van der Waals surface area contributed by atoms with Crippen molar-refractivity contribution >= 4 is 0 Å². The van der Waals surface area contributed by atoms with Crippen molar-refractivity contribution in [1.82, 2.24) is 5.32 Å². The Bertz CT molecular complexity index is 341. The van der Waals surface area contributed by atoms with Crippen molar-refractivity contribution in [3.63, 3.8) is 0 Å². The summed E-state index contributed by atoms with van der Waals surface area (Å²) >= 11 is 0. The molecule has 0 bridgehead atoms. The molecule has 1 fully saturated rings. The van der Waals surface area contributed by atoms with E-state index in [-0.39, 0.29) is 0 Å². The standard InChI is InChI=1S/C16H25NO/c1-2-17-16(14-6-4-3-5-7-14)12-13-8-10-15(18)11-9-13/h8-11,14,16-18H,2-7,12H2,1H3. The minimum atomic E-state index is 0.358. The highest BCUT2D eigenvalue weighted by molar-refractivity contribution is 5.26. The van der Waals surface area contributed by atoms with Gasteiger partial charge in [0.25, 0.3) is 0 Å². The molecular formula is C16H25NO. The maximum Gasteiger partial charge on any atom is 0.115 e. The predicted molar refractivity (Wildman–Crippen MR) is 75.9 cm³/mol. The van der Waals surface area contributed by atoms with Crippen LogP contribution in [-0.4, -0.2) is 17.7 Å². The van der Waals surface area contributed by atoms with Crippen molar-refractivity contribution in [2.45, 2.75) is 51.5 Å². The largest absolute Gasteiger partial charge is 0.508 e. The highest BCUT2D eigenvalue weighted by atomic mass is 16.3. The van der Waals surface area contributed by atoms with Crippen LogP contribution >= 0.6 is 0 Å². The zero-order chi connectivity index (χ0) is 12.8. The van der Waals surface area contributed by atoms with Crippen LogP contribution < -0.4 is 5.32 Å². The molecule has 1 unspecified atom stereocenters. The van der Waals surface area contributed by atoms with E-state index in [0.717, 1.165) is 18.9 Å². The number of rotatable bonds is 5. The molecule has 2 rings (SSSR count). The molecule has 1 aliphatic carbocycles. The summed E-state index contributed by atoms with van der Waals surface area (Å²) in [5, 5.41) is 13.0. The van der Waals surface area contributed by atoms with Gasteiger partial charge in [-0.3, -0.25) is 0 Å². The molecule has 1 aromatic carbocycles. The number of benzene rings is 1. The van der Waals surface area contributed by atoms with Crippen LogP contribution in [0.5, 0.6) is 5.75 Å². The minimum absolute atomic E-state index is 0.358. The van der Waals surface area contributed by atoms with Gasteiger partial charge in [-0.05, 0) is 49.4 Å². The highest BCUT2D eigenvalue weighted by Gasteiger charge is 2.22. The molecular weight excluding hydrogens is 222 g/mol. The molecule has 2 heteroatoms. The van der Waals surface area contributed by atoms with E-state index in [1.807, 2.05) is 12.1 Å². The Balaban J connectivity index is 1.98. The first kappa shape index (κ1) is 13.4. The summed E-state index contributed by atoms with van der Waals surface area (Å²) < 4.78 is 0. The fraction of sp³-hybridized carbons (Fsp3) is 0.625. The van der Waals surface area contributed by atoms with Crippen LogP contribution in [0.3, 0.4) is 0 Å². The van der Waals surface area contributed by atoms with Gasteiger partial charge in [0.05, 0.1) is 0 Å². The average molecular weight is 247 g/mol. The topological polar surface area (TPSA) is 32.3 Å². The molecule has 1 aromatic rings.